The quantitative estimate of drug-likeness (QED) is 0.168. The Kier molecular flexibility index (Phi) is 16.5. The lowest BCUT2D eigenvalue weighted by Gasteiger charge is -2.07. The van der Waals surface area contributed by atoms with E-state index in [-0.39, 0.29) is 0 Å². The minimum atomic E-state index is 0.511. The first kappa shape index (κ1) is 23.6. The van der Waals surface area contributed by atoms with Crippen LogP contribution in [0.2, 0.25) is 0 Å². The molecule has 0 aliphatic carbocycles. The second kappa shape index (κ2) is 17.4. The third-order valence-corrected chi connectivity index (χ3v) is 4.46. The highest BCUT2D eigenvalue weighted by atomic mass is 15.1. The molecule has 0 bridgehead atoms. The molecule has 5 nitrogen and oxygen atoms in total. The molecular formula is C20H41N5. The normalized spacial score (nSPS) is 11.5. The van der Waals surface area contributed by atoms with Crippen LogP contribution in [0.1, 0.15) is 96.8 Å². The van der Waals surface area contributed by atoms with Crippen LogP contribution in [0.3, 0.4) is 0 Å². The molecule has 25 heavy (non-hydrogen) atoms. The van der Waals surface area contributed by atoms with E-state index in [1.807, 2.05) is 0 Å². The highest BCUT2D eigenvalue weighted by Gasteiger charge is 2.03. The second-order valence-electron chi connectivity index (χ2n) is 6.96. The molecule has 0 aromatic rings. The van der Waals surface area contributed by atoms with Crippen molar-refractivity contribution < 1.29 is 0 Å². The number of aliphatic imine (C=N–C) groups is 1. The Morgan fingerprint density at radius 3 is 1.80 bits per heavy atom. The molecule has 0 saturated carbocycles. The van der Waals surface area contributed by atoms with Gasteiger partial charge in [-0.2, -0.15) is 0 Å². The van der Waals surface area contributed by atoms with Crippen LogP contribution in [0.4, 0.5) is 0 Å². The Hall–Kier alpha value is -1.39. The molecule has 0 amide bonds. The summed E-state index contributed by atoms with van der Waals surface area (Å²) in [7, 11) is 1.69. The lowest BCUT2D eigenvalue weighted by Crippen LogP contribution is -2.31. The van der Waals surface area contributed by atoms with E-state index in [1.54, 1.807) is 7.05 Å². The Morgan fingerprint density at radius 2 is 1.28 bits per heavy atom. The number of rotatable bonds is 17. The van der Waals surface area contributed by atoms with Gasteiger partial charge < -0.3 is 21.9 Å². The van der Waals surface area contributed by atoms with Crippen molar-refractivity contribution in [2.75, 3.05) is 13.6 Å². The van der Waals surface area contributed by atoms with E-state index in [4.69, 9.17) is 16.6 Å². The van der Waals surface area contributed by atoms with Gasteiger partial charge in [0.1, 0.15) is 0 Å². The van der Waals surface area contributed by atoms with Gasteiger partial charge in [0.05, 0.1) is 0 Å². The third kappa shape index (κ3) is 17.2. The average Bonchev–Trinajstić information content (AvgIpc) is 2.59. The molecule has 0 aliphatic rings. The molecule has 0 saturated heterocycles. The fourth-order valence-corrected chi connectivity index (χ4v) is 2.84. The van der Waals surface area contributed by atoms with Crippen molar-refractivity contribution in [3.63, 3.8) is 0 Å². The zero-order chi connectivity index (χ0) is 18.8. The molecule has 0 atom stereocenters. The van der Waals surface area contributed by atoms with Gasteiger partial charge in [-0.05, 0) is 32.1 Å². The lowest BCUT2D eigenvalue weighted by atomic mass is 10.0. The van der Waals surface area contributed by atoms with Gasteiger partial charge in [-0.3, -0.25) is 4.99 Å². The molecule has 0 aliphatic heterocycles. The van der Waals surface area contributed by atoms with Gasteiger partial charge in [0, 0.05) is 31.4 Å². The molecule has 0 aromatic heterocycles. The predicted octanol–water partition coefficient (Wildman–Crippen LogP) is 5.04. The molecule has 5 N–H and O–H groups in total. The Bertz CT molecular complexity index is 376. The van der Waals surface area contributed by atoms with Gasteiger partial charge in [0.25, 0.3) is 0 Å². The van der Waals surface area contributed by atoms with Crippen molar-refractivity contribution in [3.8, 4) is 0 Å². The first-order valence-electron chi connectivity index (χ1n) is 10.2. The summed E-state index contributed by atoms with van der Waals surface area (Å²) in [5.74, 6) is 0.511. The summed E-state index contributed by atoms with van der Waals surface area (Å²) < 4.78 is 0. The van der Waals surface area contributed by atoms with Gasteiger partial charge >= 0.3 is 0 Å². The predicted molar refractivity (Wildman–Crippen MR) is 111 cm³/mol. The SMILES string of the molecule is CCCCCCCCC(=N)CC(=N)CCCCCCCNC(N)=NC. The van der Waals surface area contributed by atoms with Crippen LogP contribution in [0.25, 0.3) is 0 Å². The number of hydrogen-bond acceptors (Lipinski definition) is 3. The van der Waals surface area contributed by atoms with Gasteiger partial charge in [0.15, 0.2) is 5.96 Å². The van der Waals surface area contributed by atoms with Crippen molar-refractivity contribution in [1.82, 2.24) is 5.32 Å². The number of nitrogens with two attached hydrogens (primary N) is 1. The summed E-state index contributed by atoms with van der Waals surface area (Å²) in [6.45, 7) is 3.12. The third-order valence-electron chi connectivity index (χ3n) is 4.46. The van der Waals surface area contributed by atoms with Gasteiger partial charge in [-0.25, -0.2) is 0 Å². The fourth-order valence-electron chi connectivity index (χ4n) is 2.84. The number of nitrogens with one attached hydrogen (secondary N) is 3. The molecule has 0 radical (unpaired) electrons. The number of hydrogen-bond donors (Lipinski definition) is 4. The summed E-state index contributed by atoms with van der Waals surface area (Å²) in [6.07, 6.45) is 15.7. The fraction of sp³-hybridized carbons (Fsp3) is 0.850. The first-order chi connectivity index (χ1) is 12.1. The Balaban J connectivity index is 3.41. The molecule has 0 rings (SSSR count). The van der Waals surface area contributed by atoms with Crippen molar-refractivity contribution in [3.05, 3.63) is 0 Å². The van der Waals surface area contributed by atoms with Crippen molar-refractivity contribution >= 4 is 17.4 Å². The summed E-state index contributed by atoms with van der Waals surface area (Å²) in [4.78, 5) is 3.86. The zero-order valence-corrected chi connectivity index (χ0v) is 16.6. The molecule has 0 spiro atoms. The van der Waals surface area contributed by atoms with Crippen LogP contribution in [-0.4, -0.2) is 31.0 Å². The van der Waals surface area contributed by atoms with Crippen LogP contribution in [0, 0.1) is 10.8 Å². The van der Waals surface area contributed by atoms with Crippen LogP contribution in [-0.2, 0) is 0 Å². The lowest BCUT2D eigenvalue weighted by molar-refractivity contribution is 0.612. The van der Waals surface area contributed by atoms with E-state index in [0.29, 0.717) is 12.4 Å². The molecule has 0 unspecified atom stereocenters. The summed E-state index contributed by atoms with van der Waals surface area (Å²) >= 11 is 0. The maximum absolute atomic E-state index is 8.03. The zero-order valence-electron chi connectivity index (χ0n) is 16.6. The van der Waals surface area contributed by atoms with Crippen LogP contribution in [0.5, 0.6) is 0 Å². The number of unbranched alkanes of at least 4 members (excludes halogenated alkanes) is 9. The van der Waals surface area contributed by atoms with E-state index in [1.165, 1.54) is 51.4 Å². The summed E-state index contributed by atoms with van der Waals surface area (Å²) in [5, 5.41) is 19.1. The Morgan fingerprint density at radius 1 is 0.800 bits per heavy atom. The standard InChI is InChI=1S/C20H41N5/c1-3-4-5-6-8-11-14-18(21)17-19(22)15-12-9-7-10-13-16-25-20(23)24-2/h21-22H,3-17H2,1-2H3,(H3,23,24,25). The first-order valence-corrected chi connectivity index (χ1v) is 10.2. The summed E-state index contributed by atoms with van der Waals surface area (Å²) in [5.41, 5.74) is 7.06. The van der Waals surface area contributed by atoms with E-state index in [0.717, 1.165) is 50.1 Å². The van der Waals surface area contributed by atoms with E-state index < -0.39 is 0 Å². The molecule has 0 fully saturated rings. The van der Waals surface area contributed by atoms with Crippen LogP contribution in [0.15, 0.2) is 4.99 Å². The minimum absolute atomic E-state index is 0.511. The average molecular weight is 352 g/mol. The van der Waals surface area contributed by atoms with Crippen LogP contribution >= 0.6 is 0 Å². The largest absolute Gasteiger partial charge is 0.370 e. The summed E-state index contributed by atoms with van der Waals surface area (Å²) in [6, 6.07) is 0. The number of guanidine groups is 1. The molecule has 0 heterocycles. The van der Waals surface area contributed by atoms with Crippen molar-refractivity contribution in [2.24, 2.45) is 10.7 Å². The van der Waals surface area contributed by atoms with Gasteiger partial charge in [-0.1, -0.05) is 58.3 Å². The number of nitrogens with zero attached hydrogens (tertiary/aromatic N) is 1. The maximum Gasteiger partial charge on any atom is 0.188 e. The van der Waals surface area contributed by atoms with Gasteiger partial charge in [0.2, 0.25) is 0 Å². The highest BCUT2D eigenvalue weighted by Crippen LogP contribution is 2.10. The molecular weight excluding hydrogens is 310 g/mol. The molecule has 0 aromatic carbocycles. The monoisotopic (exact) mass is 351 g/mol. The topological polar surface area (TPSA) is 98.1 Å². The van der Waals surface area contributed by atoms with Crippen molar-refractivity contribution in [2.45, 2.75) is 96.8 Å². The highest BCUT2D eigenvalue weighted by molar-refractivity contribution is 6.01. The second-order valence-corrected chi connectivity index (χ2v) is 6.96. The maximum atomic E-state index is 8.03. The van der Waals surface area contributed by atoms with E-state index in [9.17, 15) is 0 Å². The van der Waals surface area contributed by atoms with E-state index >= 15 is 0 Å². The molecule has 146 valence electrons. The van der Waals surface area contributed by atoms with Crippen molar-refractivity contribution in [1.29, 1.82) is 10.8 Å². The van der Waals surface area contributed by atoms with Gasteiger partial charge in [-0.15, -0.1) is 0 Å². The Labute approximate surface area is 155 Å². The minimum Gasteiger partial charge on any atom is -0.370 e. The van der Waals surface area contributed by atoms with E-state index in [2.05, 4.69) is 17.2 Å². The van der Waals surface area contributed by atoms with Crippen LogP contribution < -0.4 is 11.1 Å². The molecule has 5 heteroatoms. The smallest absolute Gasteiger partial charge is 0.188 e.